The second kappa shape index (κ2) is 4.68. The van der Waals surface area contributed by atoms with Gasteiger partial charge in [0.1, 0.15) is 0 Å². The van der Waals surface area contributed by atoms with Crippen LogP contribution in [0.25, 0.3) is 0 Å². The Morgan fingerprint density at radius 1 is 1.35 bits per heavy atom. The van der Waals surface area contributed by atoms with E-state index in [1.807, 2.05) is 18.2 Å². The third kappa shape index (κ3) is 2.01. The molecule has 0 radical (unpaired) electrons. The quantitative estimate of drug-likeness (QED) is 0.607. The molecular weight excluding hydrogens is 288 g/mol. The minimum absolute atomic E-state index is 0.0500. The van der Waals surface area contributed by atoms with Crippen molar-refractivity contribution < 1.29 is 14.4 Å². The van der Waals surface area contributed by atoms with Crippen LogP contribution < -0.4 is 5.73 Å². The monoisotopic (exact) mass is 313 g/mol. The van der Waals surface area contributed by atoms with E-state index < -0.39 is 6.10 Å². The predicted molar refractivity (Wildman–Crippen MR) is 89.0 cm³/mol. The molecule has 1 aromatic carbocycles. The lowest BCUT2D eigenvalue weighted by molar-refractivity contribution is -0.926. The second-order valence-corrected chi connectivity index (χ2v) is 8.10. The fraction of sp³-hybridized carbons (Fsp3) is 0.526. The first-order valence-corrected chi connectivity index (χ1v) is 8.46. The van der Waals surface area contributed by atoms with E-state index in [2.05, 4.69) is 26.2 Å². The zero-order valence-corrected chi connectivity index (χ0v) is 13.8. The normalized spacial score (nSPS) is 36.9. The van der Waals surface area contributed by atoms with Crippen LogP contribution in [-0.2, 0) is 11.8 Å². The first-order valence-electron chi connectivity index (χ1n) is 8.46. The highest BCUT2D eigenvalue weighted by atomic mass is 16.3. The fourth-order valence-electron chi connectivity index (χ4n) is 5.26. The number of hydrogen-bond donors (Lipinski definition) is 2. The Morgan fingerprint density at radius 2 is 2.13 bits per heavy atom. The third-order valence-electron chi connectivity index (χ3n) is 6.56. The molecule has 122 valence electrons. The van der Waals surface area contributed by atoms with Gasteiger partial charge in [0.15, 0.2) is 0 Å². The summed E-state index contributed by atoms with van der Waals surface area (Å²) in [6.45, 7) is 1.10. The highest BCUT2D eigenvalue weighted by Gasteiger charge is 2.58. The third-order valence-corrected chi connectivity index (χ3v) is 6.56. The summed E-state index contributed by atoms with van der Waals surface area (Å²) in [6.07, 6.45) is 6.61. The lowest BCUT2D eigenvalue weighted by Crippen LogP contribution is -2.67. The van der Waals surface area contributed by atoms with Gasteiger partial charge in [-0.25, -0.2) is 0 Å². The molecule has 0 spiro atoms. The molecular formula is C19H25N2O2+. The highest BCUT2D eigenvalue weighted by molar-refractivity contribution is 5.93. The molecule has 1 heterocycles. The van der Waals surface area contributed by atoms with Crippen molar-refractivity contribution in [3.05, 3.63) is 47.0 Å². The molecule has 2 aliphatic carbocycles. The van der Waals surface area contributed by atoms with Crippen LogP contribution in [0.2, 0.25) is 0 Å². The topological polar surface area (TPSA) is 63.3 Å². The lowest BCUT2D eigenvalue weighted by atomic mass is 9.53. The predicted octanol–water partition coefficient (Wildman–Crippen LogP) is 1.37. The van der Waals surface area contributed by atoms with E-state index in [4.69, 9.17) is 5.73 Å². The van der Waals surface area contributed by atoms with Crippen LogP contribution >= 0.6 is 0 Å². The number of amides is 1. The number of carbonyl (C=O) groups is 1. The number of likely N-dealkylation sites (tertiary alicyclic amines) is 1. The summed E-state index contributed by atoms with van der Waals surface area (Å²) in [6, 6.07) is 6.46. The Bertz CT molecular complexity index is 709. The molecule has 1 amide bonds. The first-order chi connectivity index (χ1) is 10.8. The van der Waals surface area contributed by atoms with Gasteiger partial charge in [-0.3, -0.25) is 4.79 Å². The molecule has 23 heavy (non-hydrogen) atoms. The summed E-state index contributed by atoms with van der Waals surface area (Å²) in [7, 11) is 4.63. The van der Waals surface area contributed by atoms with Gasteiger partial charge in [-0.15, -0.1) is 0 Å². The summed E-state index contributed by atoms with van der Waals surface area (Å²) in [5.74, 6) is 0.0481. The number of carbonyl (C=O) groups excluding carboxylic acids is 1. The lowest BCUT2D eigenvalue weighted by Gasteiger charge is -2.59. The summed E-state index contributed by atoms with van der Waals surface area (Å²) in [5, 5.41) is 10.3. The summed E-state index contributed by atoms with van der Waals surface area (Å²) < 4.78 is 1.02. The molecule has 1 aliphatic heterocycles. The number of fused-ring (bicyclic) bond motifs is 1. The average molecular weight is 313 g/mol. The van der Waals surface area contributed by atoms with E-state index in [0.717, 1.165) is 30.3 Å². The smallest absolute Gasteiger partial charge is 0.248 e. The number of quaternary nitrogens is 1. The van der Waals surface area contributed by atoms with Gasteiger partial charge in [-0.2, -0.15) is 0 Å². The maximum atomic E-state index is 11.6. The molecule has 1 saturated heterocycles. The van der Waals surface area contributed by atoms with Gasteiger partial charge in [0.25, 0.3) is 0 Å². The number of nitrogens with two attached hydrogens (primary N) is 1. The second-order valence-electron chi connectivity index (χ2n) is 8.10. The van der Waals surface area contributed by atoms with Gasteiger partial charge in [0.05, 0.1) is 32.8 Å². The van der Waals surface area contributed by atoms with Crippen LogP contribution in [0, 0.1) is 5.92 Å². The molecule has 4 nitrogen and oxygen atoms in total. The maximum Gasteiger partial charge on any atom is 0.248 e. The SMILES string of the molecule is C[N+]1(C)CCC23CC(O)C=CC2C1Cc1ccc(C(N)=O)cc13. The van der Waals surface area contributed by atoms with Crippen LogP contribution in [0.4, 0.5) is 0 Å². The molecule has 1 aromatic rings. The van der Waals surface area contributed by atoms with E-state index in [9.17, 15) is 9.90 Å². The largest absolute Gasteiger partial charge is 0.389 e. The van der Waals surface area contributed by atoms with Crippen molar-refractivity contribution in [2.75, 3.05) is 20.6 Å². The van der Waals surface area contributed by atoms with Crippen molar-refractivity contribution in [3.63, 3.8) is 0 Å². The molecule has 4 heteroatoms. The maximum absolute atomic E-state index is 11.6. The van der Waals surface area contributed by atoms with Gasteiger partial charge in [-0.1, -0.05) is 18.2 Å². The standard InChI is InChI=1S/C19H24N2O2/c1-21(2)8-7-19-11-14(22)5-6-15(19)17(21)10-12-3-4-13(18(20)23)9-16(12)19/h3-6,9,14-15,17,22H,7-8,10-11H2,1-2H3,(H-,20,23)/p+1. The fourth-order valence-corrected chi connectivity index (χ4v) is 5.26. The zero-order chi connectivity index (χ0) is 16.4. The Morgan fingerprint density at radius 3 is 2.87 bits per heavy atom. The van der Waals surface area contributed by atoms with E-state index in [-0.39, 0.29) is 11.3 Å². The Kier molecular flexibility index (Phi) is 3.03. The molecule has 4 rings (SSSR count). The molecule has 4 atom stereocenters. The van der Waals surface area contributed by atoms with Crippen LogP contribution in [0.1, 0.15) is 34.3 Å². The van der Waals surface area contributed by atoms with Crippen LogP contribution in [0.3, 0.4) is 0 Å². The van der Waals surface area contributed by atoms with Crippen molar-refractivity contribution >= 4 is 5.91 Å². The number of benzene rings is 1. The van der Waals surface area contributed by atoms with Crippen molar-refractivity contribution in [1.29, 1.82) is 0 Å². The van der Waals surface area contributed by atoms with Crippen LogP contribution in [-0.4, -0.2) is 48.3 Å². The number of primary amides is 1. The molecule has 2 bridgehead atoms. The van der Waals surface area contributed by atoms with Crippen molar-refractivity contribution in [1.82, 2.24) is 0 Å². The van der Waals surface area contributed by atoms with Crippen LogP contribution in [0.15, 0.2) is 30.4 Å². The first kappa shape index (κ1) is 14.9. The van der Waals surface area contributed by atoms with Gasteiger partial charge in [-0.05, 0) is 29.7 Å². The summed E-state index contributed by atoms with van der Waals surface area (Å²) in [5.41, 5.74) is 8.61. The van der Waals surface area contributed by atoms with E-state index in [1.165, 1.54) is 11.1 Å². The number of aliphatic hydroxyl groups excluding tert-OH is 1. The minimum Gasteiger partial charge on any atom is -0.389 e. The van der Waals surface area contributed by atoms with Crippen molar-refractivity contribution in [2.24, 2.45) is 11.7 Å². The number of hydrogen-bond acceptors (Lipinski definition) is 2. The van der Waals surface area contributed by atoms with Gasteiger partial charge < -0.3 is 15.3 Å². The minimum atomic E-state index is -0.399. The number of aliphatic hydroxyl groups is 1. The molecule has 3 N–H and O–H groups in total. The number of nitrogens with zero attached hydrogens (tertiary/aromatic N) is 1. The summed E-state index contributed by atoms with van der Waals surface area (Å²) in [4.78, 5) is 11.6. The summed E-state index contributed by atoms with van der Waals surface area (Å²) >= 11 is 0. The van der Waals surface area contributed by atoms with Crippen LogP contribution in [0.5, 0.6) is 0 Å². The van der Waals surface area contributed by atoms with Gasteiger partial charge in [0.2, 0.25) is 5.91 Å². The van der Waals surface area contributed by atoms with Crippen molar-refractivity contribution in [3.8, 4) is 0 Å². The molecule has 0 saturated carbocycles. The average Bonchev–Trinajstić information content (AvgIpc) is 2.50. The highest BCUT2D eigenvalue weighted by Crippen LogP contribution is 2.55. The molecule has 0 aromatic heterocycles. The Labute approximate surface area is 137 Å². The number of rotatable bonds is 1. The zero-order valence-electron chi connectivity index (χ0n) is 13.8. The molecule has 3 aliphatic rings. The molecule has 4 unspecified atom stereocenters. The Hall–Kier alpha value is -1.65. The van der Waals surface area contributed by atoms with E-state index in [0.29, 0.717) is 17.5 Å². The van der Waals surface area contributed by atoms with E-state index in [1.54, 1.807) is 0 Å². The number of likely N-dealkylation sites (N-methyl/N-ethyl adjacent to an activating group) is 1. The van der Waals surface area contributed by atoms with E-state index >= 15 is 0 Å². The number of piperidine rings is 1. The Balaban J connectivity index is 1.94. The van der Waals surface area contributed by atoms with Crippen molar-refractivity contribution in [2.45, 2.75) is 36.8 Å². The van der Waals surface area contributed by atoms with Gasteiger partial charge >= 0.3 is 0 Å². The molecule has 1 fully saturated rings. The van der Waals surface area contributed by atoms with Gasteiger partial charge in [0, 0.05) is 29.7 Å².